The van der Waals surface area contributed by atoms with Gasteiger partial charge >= 0.3 is 0 Å². The Hall–Kier alpha value is -1.55. The number of carbonyl (C=O) groups is 1. The maximum absolute atomic E-state index is 12.2. The zero-order valence-corrected chi connectivity index (χ0v) is 10.9. The second-order valence-corrected chi connectivity index (χ2v) is 4.49. The molecule has 0 amide bonds. The fourth-order valence-corrected chi connectivity index (χ4v) is 2.29. The van der Waals surface area contributed by atoms with Gasteiger partial charge in [0.15, 0.2) is 5.78 Å². The number of rotatable bonds is 5. The topological polar surface area (TPSA) is 47.6 Å². The first-order chi connectivity index (χ1) is 8.74. The molecular weight excluding hydrogens is 230 g/mol. The Balaban J connectivity index is 2.13. The quantitative estimate of drug-likeness (QED) is 0.811. The number of carbonyl (C=O) groups excluding carboxylic acids is 1. The first-order valence-electron chi connectivity index (χ1n) is 6.23. The fourth-order valence-electron chi connectivity index (χ4n) is 2.29. The van der Waals surface area contributed by atoms with Crippen molar-refractivity contribution >= 4 is 5.78 Å². The summed E-state index contributed by atoms with van der Waals surface area (Å²) in [7, 11) is 3.16. The smallest absolute Gasteiger partial charge is 0.168 e. The van der Waals surface area contributed by atoms with Crippen LogP contribution in [0.4, 0.5) is 0 Å². The van der Waals surface area contributed by atoms with Crippen LogP contribution in [0.3, 0.4) is 0 Å². The van der Waals surface area contributed by atoms with Gasteiger partial charge in [0.05, 0.1) is 19.8 Å². The van der Waals surface area contributed by atoms with Crippen molar-refractivity contribution in [1.29, 1.82) is 0 Å². The Morgan fingerprint density at radius 1 is 1.39 bits per heavy atom. The lowest BCUT2D eigenvalue weighted by molar-refractivity contribution is 0.0968. The highest BCUT2D eigenvalue weighted by molar-refractivity contribution is 5.99. The Morgan fingerprint density at radius 3 is 2.83 bits per heavy atom. The van der Waals surface area contributed by atoms with E-state index in [9.17, 15) is 4.79 Å². The SMILES string of the molecule is COc1ccc(C(=O)CC2CCCN2)c(OC)c1. The maximum Gasteiger partial charge on any atom is 0.168 e. The van der Waals surface area contributed by atoms with Crippen LogP contribution >= 0.6 is 0 Å². The minimum absolute atomic E-state index is 0.119. The Kier molecular flexibility index (Phi) is 4.20. The number of Topliss-reactive ketones (excluding diaryl/α,β-unsaturated/α-hetero) is 1. The Bertz CT molecular complexity index is 425. The minimum Gasteiger partial charge on any atom is -0.497 e. The van der Waals surface area contributed by atoms with Crippen LogP contribution in [0.2, 0.25) is 0 Å². The van der Waals surface area contributed by atoms with E-state index in [1.165, 1.54) is 0 Å². The van der Waals surface area contributed by atoms with Crippen LogP contribution in [-0.2, 0) is 0 Å². The third kappa shape index (κ3) is 2.82. The maximum atomic E-state index is 12.2. The molecule has 1 saturated heterocycles. The highest BCUT2D eigenvalue weighted by Crippen LogP contribution is 2.26. The molecular formula is C14H19NO3. The number of nitrogens with one attached hydrogen (secondary N) is 1. The third-order valence-corrected chi connectivity index (χ3v) is 3.30. The van der Waals surface area contributed by atoms with Gasteiger partial charge in [-0.2, -0.15) is 0 Å². The van der Waals surface area contributed by atoms with E-state index in [2.05, 4.69) is 5.32 Å². The molecule has 2 rings (SSSR count). The van der Waals surface area contributed by atoms with Crippen LogP contribution in [0, 0.1) is 0 Å². The molecule has 1 atom stereocenters. The number of ketones is 1. The van der Waals surface area contributed by atoms with Crippen molar-refractivity contribution in [1.82, 2.24) is 5.32 Å². The summed E-state index contributed by atoms with van der Waals surface area (Å²) < 4.78 is 10.4. The monoisotopic (exact) mass is 249 g/mol. The molecule has 0 radical (unpaired) electrons. The molecule has 1 aromatic rings. The standard InChI is InChI=1S/C14H19NO3/c1-17-11-5-6-12(14(9-11)18-2)13(16)8-10-4-3-7-15-10/h5-6,9-10,15H,3-4,7-8H2,1-2H3. The van der Waals surface area contributed by atoms with Gasteiger partial charge in [0.1, 0.15) is 11.5 Å². The van der Waals surface area contributed by atoms with Crippen molar-refractivity contribution in [2.75, 3.05) is 20.8 Å². The van der Waals surface area contributed by atoms with Crippen molar-refractivity contribution in [3.8, 4) is 11.5 Å². The molecule has 98 valence electrons. The van der Waals surface area contributed by atoms with E-state index in [-0.39, 0.29) is 5.78 Å². The molecule has 1 N–H and O–H groups in total. The van der Waals surface area contributed by atoms with Crippen molar-refractivity contribution in [3.63, 3.8) is 0 Å². The molecule has 18 heavy (non-hydrogen) atoms. The van der Waals surface area contributed by atoms with Gasteiger partial charge in [0, 0.05) is 18.5 Å². The summed E-state index contributed by atoms with van der Waals surface area (Å²) in [6, 6.07) is 5.62. The Morgan fingerprint density at radius 2 is 2.22 bits per heavy atom. The first kappa shape index (κ1) is 12.9. The van der Waals surface area contributed by atoms with E-state index in [4.69, 9.17) is 9.47 Å². The largest absolute Gasteiger partial charge is 0.497 e. The number of hydrogen-bond donors (Lipinski definition) is 1. The van der Waals surface area contributed by atoms with Crippen LogP contribution in [0.25, 0.3) is 0 Å². The zero-order chi connectivity index (χ0) is 13.0. The molecule has 1 heterocycles. The molecule has 1 aliphatic rings. The van der Waals surface area contributed by atoms with E-state index in [0.29, 0.717) is 29.5 Å². The molecule has 0 bridgehead atoms. The summed E-state index contributed by atoms with van der Waals surface area (Å²) in [5.74, 6) is 1.40. The second-order valence-electron chi connectivity index (χ2n) is 4.49. The van der Waals surface area contributed by atoms with Gasteiger partial charge in [0.2, 0.25) is 0 Å². The second kappa shape index (κ2) is 5.87. The number of methoxy groups -OCH3 is 2. The van der Waals surface area contributed by atoms with Gasteiger partial charge in [-0.15, -0.1) is 0 Å². The van der Waals surface area contributed by atoms with Gasteiger partial charge in [-0.3, -0.25) is 4.79 Å². The molecule has 0 aromatic heterocycles. The van der Waals surface area contributed by atoms with Crippen LogP contribution < -0.4 is 14.8 Å². The molecule has 0 aliphatic carbocycles. The van der Waals surface area contributed by atoms with Gasteiger partial charge in [-0.1, -0.05) is 0 Å². The minimum atomic E-state index is 0.119. The van der Waals surface area contributed by atoms with Crippen LogP contribution in [0.15, 0.2) is 18.2 Å². The van der Waals surface area contributed by atoms with Crippen LogP contribution in [0.5, 0.6) is 11.5 Å². The van der Waals surface area contributed by atoms with E-state index in [0.717, 1.165) is 19.4 Å². The predicted molar refractivity (Wildman–Crippen MR) is 69.5 cm³/mol. The van der Waals surface area contributed by atoms with Crippen molar-refractivity contribution < 1.29 is 14.3 Å². The molecule has 1 unspecified atom stereocenters. The van der Waals surface area contributed by atoms with Crippen LogP contribution in [0.1, 0.15) is 29.6 Å². The van der Waals surface area contributed by atoms with E-state index >= 15 is 0 Å². The summed E-state index contributed by atoms with van der Waals surface area (Å²) in [5.41, 5.74) is 0.631. The van der Waals surface area contributed by atoms with Gasteiger partial charge in [0.25, 0.3) is 0 Å². The number of ether oxygens (including phenoxy) is 2. The average molecular weight is 249 g/mol. The molecule has 4 heteroatoms. The fraction of sp³-hybridized carbons (Fsp3) is 0.500. The molecule has 1 aromatic carbocycles. The van der Waals surface area contributed by atoms with E-state index in [1.54, 1.807) is 32.4 Å². The summed E-state index contributed by atoms with van der Waals surface area (Å²) in [6.07, 6.45) is 2.75. The van der Waals surface area contributed by atoms with Crippen molar-refractivity contribution in [3.05, 3.63) is 23.8 Å². The molecule has 1 fully saturated rings. The average Bonchev–Trinajstić information content (AvgIpc) is 2.90. The highest BCUT2D eigenvalue weighted by Gasteiger charge is 2.20. The Labute approximate surface area is 107 Å². The molecule has 4 nitrogen and oxygen atoms in total. The molecule has 1 aliphatic heterocycles. The lowest BCUT2D eigenvalue weighted by atomic mass is 10.0. The summed E-state index contributed by atoms with van der Waals surface area (Å²) in [4.78, 5) is 12.2. The molecule has 0 spiro atoms. The van der Waals surface area contributed by atoms with Gasteiger partial charge in [-0.25, -0.2) is 0 Å². The zero-order valence-electron chi connectivity index (χ0n) is 10.9. The number of hydrogen-bond acceptors (Lipinski definition) is 4. The van der Waals surface area contributed by atoms with Crippen molar-refractivity contribution in [2.45, 2.75) is 25.3 Å². The lowest BCUT2D eigenvalue weighted by Gasteiger charge is -2.12. The van der Waals surface area contributed by atoms with Crippen molar-refractivity contribution in [2.24, 2.45) is 0 Å². The third-order valence-electron chi connectivity index (χ3n) is 3.30. The summed E-state index contributed by atoms with van der Waals surface area (Å²) >= 11 is 0. The van der Waals surface area contributed by atoms with Gasteiger partial charge in [-0.05, 0) is 31.5 Å². The first-order valence-corrected chi connectivity index (χ1v) is 6.23. The summed E-state index contributed by atoms with van der Waals surface area (Å²) in [6.45, 7) is 1.01. The van der Waals surface area contributed by atoms with E-state index in [1.807, 2.05) is 0 Å². The summed E-state index contributed by atoms with van der Waals surface area (Å²) in [5, 5.41) is 3.33. The van der Waals surface area contributed by atoms with Gasteiger partial charge < -0.3 is 14.8 Å². The predicted octanol–water partition coefficient (Wildman–Crippen LogP) is 2.03. The number of benzene rings is 1. The highest BCUT2D eigenvalue weighted by atomic mass is 16.5. The molecule has 0 saturated carbocycles. The lowest BCUT2D eigenvalue weighted by Crippen LogP contribution is -2.24. The van der Waals surface area contributed by atoms with Crippen LogP contribution in [-0.4, -0.2) is 32.6 Å². The van der Waals surface area contributed by atoms with E-state index < -0.39 is 0 Å². The normalized spacial score (nSPS) is 18.7.